The quantitative estimate of drug-likeness (QED) is 0.693. The molecule has 0 aromatic rings. The third-order valence-electron chi connectivity index (χ3n) is 2.52. The third-order valence-corrected chi connectivity index (χ3v) is 2.52. The Labute approximate surface area is 78.5 Å². The zero-order chi connectivity index (χ0) is 9.84. The van der Waals surface area contributed by atoms with Crippen LogP contribution in [0.15, 0.2) is 0 Å². The zero-order valence-corrected chi connectivity index (χ0v) is 8.08. The van der Waals surface area contributed by atoms with Gasteiger partial charge in [0.05, 0.1) is 6.07 Å². The fourth-order valence-electron chi connectivity index (χ4n) is 1.09. The van der Waals surface area contributed by atoms with Crippen molar-refractivity contribution in [2.45, 2.75) is 38.3 Å². The summed E-state index contributed by atoms with van der Waals surface area (Å²) in [5, 5.41) is 11.5. The van der Waals surface area contributed by atoms with Crippen molar-refractivity contribution in [3.05, 3.63) is 0 Å². The number of carbonyl (C=O) groups is 1. The molecule has 2 amide bonds. The SMILES string of the molecule is CC(C#N)N(C)C(=O)NC1CCC1. The number of urea groups is 1. The summed E-state index contributed by atoms with van der Waals surface area (Å²) >= 11 is 0. The monoisotopic (exact) mass is 181 g/mol. The minimum atomic E-state index is -0.361. The molecule has 13 heavy (non-hydrogen) atoms. The van der Waals surface area contributed by atoms with Crippen molar-refractivity contribution in [2.75, 3.05) is 7.05 Å². The van der Waals surface area contributed by atoms with Crippen LogP contribution in [0.3, 0.4) is 0 Å². The van der Waals surface area contributed by atoms with E-state index in [-0.39, 0.29) is 12.1 Å². The minimum Gasteiger partial charge on any atom is -0.335 e. The van der Waals surface area contributed by atoms with E-state index < -0.39 is 0 Å². The number of nitriles is 1. The van der Waals surface area contributed by atoms with Crippen molar-refractivity contribution < 1.29 is 4.79 Å². The lowest BCUT2D eigenvalue weighted by Gasteiger charge is -2.29. The molecule has 0 aromatic heterocycles. The van der Waals surface area contributed by atoms with Crippen LogP contribution >= 0.6 is 0 Å². The van der Waals surface area contributed by atoms with Crippen LogP contribution in [0.4, 0.5) is 4.79 Å². The van der Waals surface area contributed by atoms with Gasteiger partial charge in [-0.3, -0.25) is 0 Å². The summed E-state index contributed by atoms with van der Waals surface area (Å²) < 4.78 is 0. The molecule has 1 unspecified atom stereocenters. The third kappa shape index (κ3) is 2.35. The van der Waals surface area contributed by atoms with E-state index in [9.17, 15) is 4.79 Å². The lowest BCUT2D eigenvalue weighted by Crippen LogP contribution is -2.48. The second-order valence-corrected chi connectivity index (χ2v) is 3.49. The Hall–Kier alpha value is -1.24. The van der Waals surface area contributed by atoms with Gasteiger partial charge in [-0.25, -0.2) is 4.79 Å². The van der Waals surface area contributed by atoms with E-state index in [2.05, 4.69) is 5.32 Å². The molecular weight excluding hydrogens is 166 g/mol. The lowest BCUT2D eigenvalue weighted by molar-refractivity contribution is 0.191. The second-order valence-electron chi connectivity index (χ2n) is 3.49. The van der Waals surface area contributed by atoms with Crippen LogP contribution in [0.25, 0.3) is 0 Å². The van der Waals surface area contributed by atoms with Gasteiger partial charge in [0.2, 0.25) is 0 Å². The zero-order valence-electron chi connectivity index (χ0n) is 8.08. The molecule has 1 rings (SSSR count). The first-order valence-electron chi connectivity index (χ1n) is 4.58. The van der Waals surface area contributed by atoms with E-state index in [4.69, 9.17) is 5.26 Å². The van der Waals surface area contributed by atoms with Crippen LogP contribution in [-0.2, 0) is 0 Å². The van der Waals surface area contributed by atoms with Crippen LogP contribution < -0.4 is 5.32 Å². The second kappa shape index (κ2) is 4.13. The highest BCUT2D eigenvalue weighted by molar-refractivity contribution is 5.75. The van der Waals surface area contributed by atoms with Crippen LogP contribution in [0.1, 0.15) is 26.2 Å². The van der Waals surface area contributed by atoms with Gasteiger partial charge in [0.15, 0.2) is 0 Å². The molecule has 4 heteroatoms. The molecule has 4 nitrogen and oxygen atoms in total. The summed E-state index contributed by atoms with van der Waals surface area (Å²) in [4.78, 5) is 12.8. The van der Waals surface area contributed by atoms with Gasteiger partial charge in [-0.1, -0.05) is 0 Å². The smallest absolute Gasteiger partial charge is 0.318 e. The maximum absolute atomic E-state index is 11.4. The van der Waals surface area contributed by atoms with E-state index in [1.54, 1.807) is 14.0 Å². The summed E-state index contributed by atoms with van der Waals surface area (Å²) in [5.74, 6) is 0. The molecule has 1 aliphatic rings. The van der Waals surface area contributed by atoms with Gasteiger partial charge in [0, 0.05) is 13.1 Å². The highest BCUT2D eigenvalue weighted by Crippen LogP contribution is 2.18. The number of nitrogens with zero attached hydrogens (tertiary/aromatic N) is 2. The first kappa shape index (κ1) is 9.85. The van der Waals surface area contributed by atoms with Crippen molar-refractivity contribution in [3.8, 4) is 6.07 Å². The fraction of sp³-hybridized carbons (Fsp3) is 0.778. The van der Waals surface area contributed by atoms with Gasteiger partial charge in [0.1, 0.15) is 6.04 Å². The topological polar surface area (TPSA) is 56.1 Å². The maximum Gasteiger partial charge on any atom is 0.318 e. The normalized spacial score (nSPS) is 18.2. The standard InChI is InChI=1S/C9H15N3O/c1-7(6-10)12(2)9(13)11-8-4-3-5-8/h7-8H,3-5H2,1-2H3,(H,11,13). The van der Waals surface area contributed by atoms with E-state index in [0.29, 0.717) is 6.04 Å². The number of rotatable bonds is 2. The minimum absolute atomic E-state index is 0.140. The molecule has 72 valence electrons. The Morgan fingerprint density at radius 3 is 2.69 bits per heavy atom. The molecule has 0 radical (unpaired) electrons. The molecule has 1 aliphatic carbocycles. The van der Waals surface area contributed by atoms with Gasteiger partial charge in [-0.2, -0.15) is 5.26 Å². The summed E-state index contributed by atoms with van der Waals surface area (Å²) in [6.45, 7) is 1.71. The highest BCUT2D eigenvalue weighted by atomic mass is 16.2. The van der Waals surface area contributed by atoms with Gasteiger partial charge < -0.3 is 10.2 Å². The van der Waals surface area contributed by atoms with Gasteiger partial charge in [0.25, 0.3) is 0 Å². The fourth-order valence-corrected chi connectivity index (χ4v) is 1.09. The Balaban J connectivity index is 2.33. The van der Waals surface area contributed by atoms with Gasteiger partial charge in [-0.05, 0) is 26.2 Å². The lowest BCUT2D eigenvalue weighted by atomic mass is 9.93. The van der Waals surface area contributed by atoms with E-state index in [0.717, 1.165) is 12.8 Å². The summed E-state index contributed by atoms with van der Waals surface area (Å²) in [6, 6.07) is 1.85. The Morgan fingerprint density at radius 2 is 2.31 bits per heavy atom. The predicted octanol–water partition coefficient (Wildman–Crippen LogP) is 1.09. The Morgan fingerprint density at radius 1 is 1.69 bits per heavy atom. The molecule has 0 aromatic carbocycles. The van der Waals surface area contributed by atoms with Crippen molar-refractivity contribution in [2.24, 2.45) is 0 Å². The van der Waals surface area contributed by atoms with Crippen molar-refractivity contribution in [3.63, 3.8) is 0 Å². The molecule has 0 spiro atoms. The maximum atomic E-state index is 11.4. The molecule has 1 N–H and O–H groups in total. The van der Waals surface area contributed by atoms with Crippen molar-refractivity contribution >= 4 is 6.03 Å². The van der Waals surface area contributed by atoms with E-state index in [1.807, 2.05) is 6.07 Å². The first-order valence-corrected chi connectivity index (χ1v) is 4.58. The average Bonchev–Trinajstić information content (AvgIpc) is 2.08. The molecule has 1 fully saturated rings. The largest absolute Gasteiger partial charge is 0.335 e. The molecule has 0 aliphatic heterocycles. The summed E-state index contributed by atoms with van der Waals surface area (Å²) in [6.07, 6.45) is 3.34. The number of carbonyl (C=O) groups excluding carboxylic acids is 1. The molecule has 0 saturated heterocycles. The number of nitrogens with one attached hydrogen (secondary N) is 1. The van der Waals surface area contributed by atoms with Crippen LogP contribution in [-0.4, -0.2) is 30.1 Å². The average molecular weight is 181 g/mol. The summed E-state index contributed by atoms with van der Waals surface area (Å²) in [5.41, 5.74) is 0. The highest BCUT2D eigenvalue weighted by Gasteiger charge is 2.22. The molecule has 1 atom stereocenters. The first-order chi connectivity index (χ1) is 6.15. The molecular formula is C9H15N3O. The van der Waals surface area contributed by atoms with Crippen LogP contribution in [0.5, 0.6) is 0 Å². The summed E-state index contributed by atoms with van der Waals surface area (Å²) in [7, 11) is 1.64. The van der Waals surface area contributed by atoms with Gasteiger partial charge >= 0.3 is 6.03 Å². The van der Waals surface area contributed by atoms with E-state index in [1.165, 1.54) is 11.3 Å². The number of amides is 2. The number of hydrogen-bond donors (Lipinski definition) is 1. The van der Waals surface area contributed by atoms with Crippen LogP contribution in [0, 0.1) is 11.3 Å². The predicted molar refractivity (Wildman–Crippen MR) is 49.0 cm³/mol. The van der Waals surface area contributed by atoms with E-state index >= 15 is 0 Å². The Bertz CT molecular complexity index is 230. The molecule has 0 heterocycles. The number of hydrogen-bond acceptors (Lipinski definition) is 2. The van der Waals surface area contributed by atoms with Crippen molar-refractivity contribution in [1.29, 1.82) is 5.26 Å². The Kier molecular flexibility index (Phi) is 3.13. The molecule has 1 saturated carbocycles. The van der Waals surface area contributed by atoms with Gasteiger partial charge in [-0.15, -0.1) is 0 Å². The molecule has 0 bridgehead atoms. The van der Waals surface area contributed by atoms with Crippen molar-refractivity contribution in [1.82, 2.24) is 10.2 Å². The van der Waals surface area contributed by atoms with Crippen LogP contribution in [0.2, 0.25) is 0 Å².